The summed E-state index contributed by atoms with van der Waals surface area (Å²) in [6.45, 7) is 0. The third-order valence-electron chi connectivity index (χ3n) is 3.85. The molecule has 116 valence electrons. The maximum Gasteiger partial charge on any atom is 0.185 e. The minimum atomic E-state index is 0.177. The van der Waals surface area contributed by atoms with E-state index in [1.165, 1.54) is 0 Å². The molecule has 1 saturated carbocycles. The van der Waals surface area contributed by atoms with Crippen LogP contribution >= 0.6 is 31.9 Å². The summed E-state index contributed by atoms with van der Waals surface area (Å²) in [6.07, 6.45) is 6.75. The summed E-state index contributed by atoms with van der Waals surface area (Å²) in [5, 5.41) is 0. The van der Waals surface area contributed by atoms with Gasteiger partial charge >= 0.3 is 0 Å². The number of carbonyl (C=O) groups is 1. The van der Waals surface area contributed by atoms with Crippen LogP contribution in [0.15, 0.2) is 68.6 Å². The number of allylic oxidation sites excluding steroid dienone is 2. The average Bonchev–Trinajstić information content (AvgIpc) is 2.51. The van der Waals surface area contributed by atoms with Crippen LogP contribution < -0.4 is 0 Å². The van der Waals surface area contributed by atoms with Crippen molar-refractivity contribution in [1.29, 1.82) is 0 Å². The molecule has 2 aromatic rings. The second kappa shape index (κ2) is 7.41. The Morgan fingerprint density at radius 2 is 1.26 bits per heavy atom. The van der Waals surface area contributed by atoms with Crippen molar-refractivity contribution in [2.45, 2.75) is 19.3 Å². The lowest BCUT2D eigenvalue weighted by atomic mass is 9.87. The summed E-state index contributed by atoms with van der Waals surface area (Å²) in [5.74, 6) is 0.177. The predicted octanol–water partition coefficient (Wildman–Crippen LogP) is 6.43. The first-order valence-electron chi connectivity index (χ1n) is 7.59. The molecule has 3 rings (SSSR count). The number of hydrogen-bond donors (Lipinski definition) is 0. The lowest BCUT2D eigenvalue weighted by Crippen LogP contribution is -2.12. The lowest BCUT2D eigenvalue weighted by molar-refractivity contribution is -0.112. The van der Waals surface area contributed by atoms with Crippen molar-refractivity contribution in [1.82, 2.24) is 0 Å². The van der Waals surface area contributed by atoms with E-state index in [-0.39, 0.29) is 5.78 Å². The number of halogens is 2. The Balaban J connectivity index is 1.89. The van der Waals surface area contributed by atoms with E-state index in [1.54, 1.807) is 0 Å². The van der Waals surface area contributed by atoms with E-state index in [0.717, 1.165) is 50.5 Å². The first kappa shape index (κ1) is 16.4. The van der Waals surface area contributed by atoms with Gasteiger partial charge < -0.3 is 0 Å². The van der Waals surface area contributed by atoms with Gasteiger partial charge in [0.25, 0.3) is 0 Å². The molecule has 1 fully saturated rings. The fourth-order valence-corrected chi connectivity index (χ4v) is 3.61. The van der Waals surface area contributed by atoms with Gasteiger partial charge in [-0.15, -0.1) is 0 Å². The van der Waals surface area contributed by atoms with E-state index in [4.69, 9.17) is 0 Å². The monoisotopic (exact) mass is 430 g/mol. The second-order valence-corrected chi connectivity index (χ2v) is 7.46. The van der Waals surface area contributed by atoms with Crippen molar-refractivity contribution in [3.05, 3.63) is 79.7 Å². The molecule has 1 nitrogen and oxygen atoms in total. The SMILES string of the molecule is O=C1/C(=C/c2cccc(Br)c2)CCC/C1=C\c1cccc(Br)c1. The van der Waals surface area contributed by atoms with Gasteiger partial charge in [0.05, 0.1) is 0 Å². The maximum absolute atomic E-state index is 12.7. The zero-order valence-electron chi connectivity index (χ0n) is 12.6. The zero-order valence-corrected chi connectivity index (χ0v) is 15.7. The fourth-order valence-electron chi connectivity index (χ4n) is 2.77. The van der Waals surface area contributed by atoms with Crippen LogP contribution in [0.3, 0.4) is 0 Å². The summed E-state index contributed by atoms with van der Waals surface area (Å²) < 4.78 is 2.06. The minimum absolute atomic E-state index is 0.177. The molecular formula is C20H16Br2O. The van der Waals surface area contributed by atoms with Gasteiger partial charge in [-0.2, -0.15) is 0 Å². The Morgan fingerprint density at radius 1 is 0.783 bits per heavy atom. The standard InChI is InChI=1S/C20H16Br2O/c21-18-8-1-4-14(12-18)10-16-6-3-7-17(20(16)23)11-15-5-2-9-19(22)13-15/h1-2,4-5,8-13H,3,6-7H2/b16-10+,17-11+. The Bertz CT molecular complexity index is 737. The Kier molecular flexibility index (Phi) is 5.29. The van der Waals surface area contributed by atoms with Crippen molar-refractivity contribution in [3.8, 4) is 0 Å². The molecule has 0 bridgehead atoms. The molecule has 0 N–H and O–H groups in total. The molecule has 0 aliphatic heterocycles. The van der Waals surface area contributed by atoms with E-state index < -0.39 is 0 Å². The largest absolute Gasteiger partial charge is 0.289 e. The van der Waals surface area contributed by atoms with Crippen LogP contribution in [0.2, 0.25) is 0 Å². The van der Waals surface area contributed by atoms with E-state index >= 15 is 0 Å². The molecule has 0 radical (unpaired) electrons. The summed E-state index contributed by atoms with van der Waals surface area (Å²) in [5.41, 5.74) is 3.92. The van der Waals surface area contributed by atoms with Gasteiger partial charge in [-0.3, -0.25) is 4.79 Å². The third-order valence-corrected chi connectivity index (χ3v) is 4.84. The molecule has 1 aliphatic carbocycles. The van der Waals surface area contributed by atoms with Crippen LogP contribution in [-0.4, -0.2) is 5.78 Å². The van der Waals surface area contributed by atoms with Crippen LogP contribution in [-0.2, 0) is 4.79 Å². The summed E-state index contributed by atoms with van der Waals surface area (Å²) in [7, 11) is 0. The molecule has 2 aromatic carbocycles. The molecular weight excluding hydrogens is 416 g/mol. The highest BCUT2D eigenvalue weighted by atomic mass is 79.9. The smallest absolute Gasteiger partial charge is 0.185 e. The first-order chi connectivity index (χ1) is 11.1. The molecule has 23 heavy (non-hydrogen) atoms. The van der Waals surface area contributed by atoms with Crippen LogP contribution in [0.1, 0.15) is 30.4 Å². The number of Topliss-reactive ketones (excluding diaryl/α,β-unsaturated/α-hetero) is 1. The third kappa shape index (κ3) is 4.30. The van der Waals surface area contributed by atoms with E-state index in [1.807, 2.05) is 60.7 Å². The number of rotatable bonds is 2. The van der Waals surface area contributed by atoms with Gasteiger partial charge in [-0.05, 0) is 66.8 Å². The molecule has 3 heteroatoms. The molecule has 0 aromatic heterocycles. The highest BCUT2D eigenvalue weighted by Crippen LogP contribution is 2.28. The molecule has 0 atom stereocenters. The van der Waals surface area contributed by atoms with Gasteiger partial charge in [0, 0.05) is 20.1 Å². The Morgan fingerprint density at radius 3 is 1.70 bits per heavy atom. The quantitative estimate of drug-likeness (QED) is 0.500. The molecule has 0 unspecified atom stereocenters. The van der Waals surface area contributed by atoms with Gasteiger partial charge in [0.1, 0.15) is 0 Å². The molecule has 0 saturated heterocycles. The minimum Gasteiger partial charge on any atom is -0.289 e. The summed E-state index contributed by atoms with van der Waals surface area (Å²) >= 11 is 6.95. The van der Waals surface area contributed by atoms with Crippen LogP contribution in [0.25, 0.3) is 12.2 Å². The van der Waals surface area contributed by atoms with Crippen molar-refractivity contribution in [2.24, 2.45) is 0 Å². The highest BCUT2D eigenvalue weighted by Gasteiger charge is 2.20. The average molecular weight is 432 g/mol. The van der Waals surface area contributed by atoms with E-state index in [2.05, 4.69) is 31.9 Å². The lowest BCUT2D eigenvalue weighted by Gasteiger charge is -2.16. The van der Waals surface area contributed by atoms with E-state index in [0.29, 0.717) is 0 Å². The number of hydrogen-bond acceptors (Lipinski definition) is 1. The van der Waals surface area contributed by atoms with Crippen LogP contribution in [0.4, 0.5) is 0 Å². The molecule has 0 spiro atoms. The molecule has 1 aliphatic rings. The Hall–Kier alpha value is -1.45. The van der Waals surface area contributed by atoms with Crippen molar-refractivity contribution in [3.63, 3.8) is 0 Å². The maximum atomic E-state index is 12.7. The van der Waals surface area contributed by atoms with Crippen molar-refractivity contribution < 1.29 is 4.79 Å². The van der Waals surface area contributed by atoms with Crippen LogP contribution in [0.5, 0.6) is 0 Å². The number of carbonyl (C=O) groups excluding carboxylic acids is 1. The predicted molar refractivity (Wildman–Crippen MR) is 103 cm³/mol. The summed E-state index contributed by atoms with van der Waals surface area (Å²) in [6, 6.07) is 16.1. The molecule has 0 amide bonds. The Labute approximate surface area is 153 Å². The summed E-state index contributed by atoms with van der Waals surface area (Å²) in [4.78, 5) is 12.7. The fraction of sp³-hybridized carbons (Fsp3) is 0.150. The zero-order chi connectivity index (χ0) is 16.2. The number of benzene rings is 2. The number of ketones is 1. The molecule has 0 heterocycles. The second-order valence-electron chi connectivity index (χ2n) is 5.63. The van der Waals surface area contributed by atoms with E-state index in [9.17, 15) is 4.79 Å². The van der Waals surface area contributed by atoms with Gasteiger partial charge in [-0.25, -0.2) is 0 Å². The van der Waals surface area contributed by atoms with Gasteiger partial charge in [-0.1, -0.05) is 56.1 Å². The first-order valence-corrected chi connectivity index (χ1v) is 9.17. The normalized spacial score (nSPS) is 18.6. The van der Waals surface area contributed by atoms with Crippen LogP contribution in [0, 0.1) is 0 Å². The van der Waals surface area contributed by atoms with Crippen molar-refractivity contribution >= 4 is 49.8 Å². The van der Waals surface area contributed by atoms with Crippen molar-refractivity contribution in [2.75, 3.05) is 0 Å². The highest BCUT2D eigenvalue weighted by molar-refractivity contribution is 9.10. The van der Waals surface area contributed by atoms with Gasteiger partial charge in [0.15, 0.2) is 5.78 Å². The topological polar surface area (TPSA) is 17.1 Å². The van der Waals surface area contributed by atoms with Gasteiger partial charge in [0.2, 0.25) is 0 Å².